The third-order valence-corrected chi connectivity index (χ3v) is 5.25. The summed E-state index contributed by atoms with van der Waals surface area (Å²) in [5.41, 5.74) is 0.913. The molecule has 1 aliphatic rings. The highest BCUT2D eigenvalue weighted by Gasteiger charge is 2.32. The van der Waals surface area contributed by atoms with E-state index in [9.17, 15) is 13.2 Å². The molecule has 23 heavy (non-hydrogen) atoms. The maximum atomic E-state index is 12.4. The van der Waals surface area contributed by atoms with E-state index in [1.165, 1.54) is 15.5 Å². The highest BCUT2D eigenvalue weighted by Crippen LogP contribution is 2.16. The van der Waals surface area contributed by atoms with Crippen molar-refractivity contribution in [3.05, 3.63) is 18.0 Å². The van der Waals surface area contributed by atoms with Crippen molar-refractivity contribution in [3.63, 3.8) is 0 Å². The van der Waals surface area contributed by atoms with Crippen molar-refractivity contribution in [1.82, 2.24) is 23.9 Å². The Morgan fingerprint density at radius 3 is 2.57 bits per heavy atom. The van der Waals surface area contributed by atoms with Gasteiger partial charge < -0.3 is 4.90 Å². The molecule has 1 aromatic heterocycles. The molecular weight excluding hydrogens is 318 g/mol. The molecule has 0 spiro atoms. The topological polar surface area (TPSA) is 78.8 Å². The molecule has 0 aliphatic carbocycles. The van der Waals surface area contributed by atoms with Crippen molar-refractivity contribution in [2.24, 2.45) is 13.0 Å². The first kappa shape index (κ1) is 17.9. The SMILES string of the molecule is CN(C)C(=O)C1CN(Cc2ccn(C)n2)CCN(S(C)(=O)=O)C1. The molecule has 1 saturated heterocycles. The minimum Gasteiger partial charge on any atom is -0.348 e. The number of carbonyl (C=O) groups excluding carboxylic acids is 1. The summed E-state index contributed by atoms with van der Waals surface area (Å²) in [5, 5.41) is 4.36. The fourth-order valence-corrected chi connectivity index (χ4v) is 3.66. The molecule has 1 aliphatic heterocycles. The summed E-state index contributed by atoms with van der Waals surface area (Å²) in [4.78, 5) is 16.0. The van der Waals surface area contributed by atoms with Gasteiger partial charge in [-0.2, -0.15) is 5.10 Å². The number of amides is 1. The molecule has 1 unspecified atom stereocenters. The first-order valence-corrected chi connectivity index (χ1v) is 9.39. The number of nitrogens with zero attached hydrogens (tertiary/aromatic N) is 5. The smallest absolute Gasteiger partial charge is 0.227 e. The van der Waals surface area contributed by atoms with Crippen molar-refractivity contribution < 1.29 is 13.2 Å². The van der Waals surface area contributed by atoms with Crippen LogP contribution in [0.3, 0.4) is 0 Å². The zero-order chi connectivity index (χ0) is 17.2. The minimum atomic E-state index is -3.32. The van der Waals surface area contributed by atoms with E-state index >= 15 is 0 Å². The third-order valence-electron chi connectivity index (χ3n) is 3.98. The second-order valence-electron chi connectivity index (χ2n) is 6.27. The highest BCUT2D eigenvalue weighted by molar-refractivity contribution is 7.88. The molecule has 1 aromatic rings. The Kier molecular flexibility index (Phi) is 5.43. The molecule has 0 bridgehead atoms. The molecule has 2 heterocycles. The third kappa shape index (κ3) is 4.76. The first-order valence-electron chi connectivity index (χ1n) is 7.54. The van der Waals surface area contributed by atoms with Gasteiger partial charge in [-0.25, -0.2) is 12.7 Å². The summed E-state index contributed by atoms with van der Waals surface area (Å²) >= 11 is 0. The quantitative estimate of drug-likeness (QED) is 0.715. The molecule has 8 nitrogen and oxygen atoms in total. The standard InChI is InChI=1S/C14H25N5O3S/c1-16(2)14(20)12-9-18(11-13-5-6-17(3)15-13)7-8-19(10-12)23(4,21)22/h5-6,12H,7-11H2,1-4H3. The number of aryl methyl sites for hydroxylation is 1. The zero-order valence-corrected chi connectivity index (χ0v) is 15.0. The van der Waals surface area contributed by atoms with Gasteiger partial charge in [0.2, 0.25) is 15.9 Å². The van der Waals surface area contributed by atoms with Crippen LogP contribution in [-0.2, 0) is 28.4 Å². The van der Waals surface area contributed by atoms with E-state index in [-0.39, 0.29) is 18.4 Å². The van der Waals surface area contributed by atoms with E-state index < -0.39 is 10.0 Å². The highest BCUT2D eigenvalue weighted by atomic mass is 32.2. The van der Waals surface area contributed by atoms with Gasteiger partial charge in [-0.3, -0.25) is 14.4 Å². The van der Waals surface area contributed by atoms with E-state index in [0.29, 0.717) is 26.2 Å². The van der Waals surface area contributed by atoms with Crippen LogP contribution in [0.1, 0.15) is 5.69 Å². The van der Waals surface area contributed by atoms with Gasteiger partial charge >= 0.3 is 0 Å². The fraction of sp³-hybridized carbons (Fsp3) is 0.714. The second kappa shape index (κ2) is 6.98. The van der Waals surface area contributed by atoms with Gasteiger partial charge in [0.25, 0.3) is 0 Å². The maximum Gasteiger partial charge on any atom is 0.227 e. The van der Waals surface area contributed by atoms with E-state index in [1.54, 1.807) is 18.8 Å². The lowest BCUT2D eigenvalue weighted by molar-refractivity contribution is -0.133. The van der Waals surface area contributed by atoms with Crippen molar-refractivity contribution in [2.75, 3.05) is 46.5 Å². The fourth-order valence-electron chi connectivity index (χ4n) is 2.79. The Balaban J connectivity index is 2.17. The molecule has 1 atom stereocenters. The zero-order valence-electron chi connectivity index (χ0n) is 14.1. The maximum absolute atomic E-state index is 12.4. The molecule has 9 heteroatoms. The molecule has 1 amide bonds. The molecular formula is C14H25N5O3S. The van der Waals surface area contributed by atoms with Gasteiger partial charge in [0.05, 0.1) is 17.9 Å². The Labute approximate surface area is 137 Å². The van der Waals surface area contributed by atoms with E-state index in [4.69, 9.17) is 0 Å². The molecule has 0 radical (unpaired) electrons. The minimum absolute atomic E-state index is 0.0495. The molecule has 130 valence electrons. The van der Waals surface area contributed by atoms with Crippen molar-refractivity contribution in [1.29, 1.82) is 0 Å². The number of sulfonamides is 1. The Morgan fingerprint density at radius 1 is 1.35 bits per heavy atom. The first-order chi connectivity index (χ1) is 10.7. The largest absolute Gasteiger partial charge is 0.348 e. The summed E-state index contributed by atoms with van der Waals surface area (Å²) in [6.07, 6.45) is 3.07. The van der Waals surface area contributed by atoms with Gasteiger partial charge in [-0.1, -0.05) is 0 Å². The van der Waals surface area contributed by atoms with Gasteiger partial charge in [0.15, 0.2) is 0 Å². The number of hydrogen-bond donors (Lipinski definition) is 0. The predicted molar refractivity (Wildman–Crippen MR) is 87.1 cm³/mol. The second-order valence-corrected chi connectivity index (χ2v) is 8.25. The number of hydrogen-bond acceptors (Lipinski definition) is 5. The van der Waals surface area contributed by atoms with E-state index in [1.807, 2.05) is 19.3 Å². The monoisotopic (exact) mass is 343 g/mol. The van der Waals surface area contributed by atoms with Gasteiger partial charge in [0, 0.05) is 60.1 Å². The average molecular weight is 343 g/mol. The number of carbonyl (C=O) groups is 1. The number of aromatic nitrogens is 2. The summed E-state index contributed by atoms with van der Waals surface area (Å²) in [7, 11) is 1.93. The van der Waals surface area contributed by atoms with Crippen LogP contribution in [0.4, 0.5) is 0 Å². The molecule has 2 rings (SSSR count). The predicted octanol–water partition coefficient (Wildman–Crippen LogP) is -0.798. The van der Waals surface area contributed by atoms with Crippen molar-refractivity contribution in [3.8, 4) is 0 Å². The van der Waals surface area contributed by atoms with Crippen LogP contribution in [0, 0.1) is 5.92 Å². The summed E-state index contributed by atoms with van der Waals surface area (Å²) in [6.45, 7) is 2.34. The lowest BCUT2D eigenvalue weighted by Gasteiger charge is -2.25. The lowest BCUT2D eigenvalue weighted by atomic mass is 10.1. The lowest BCUT2D eigenvalue weighted by Crippen LogP contribution is -2.41. The van der Waals surface area contributed by atoms with Gasteiger partial charge in [-0.05, 0) is 6.07 Å². The van der Waals surface area contributed by atoms with Crippen molar-refractivity contribution in [2.45, 2.75) is 6.54 Å². The van der Waals surface area contributed by atoms with Crippen LogP contribution in [-0.4, -0.2) is 84.7 Å². The molecule has 0 saturated carbocycles. The van der Waals surface area contributed by atoms with Crippen LogP contribution in [0.15, 0.2) is 12.3 Å². The summed E-state index contributed by atoms with van der Waals surface area (Å²) in [5.74, 6) is -0.419. The van der Waals surface area contributed by atoms with E-state index in [2.05, 4.69) is 10.00 Å². The van der Waals surface area contributed by atoms with Gasteiger partial charge in [0.1, 0.15) is 0 Å². The van der Waals surface area contributed by atoms with Crippen LogP contribution in [0.25, 0.3) is 0 Å². The summed E-state index contributed by atoms with van der Waals surface area (Å²) in [6, 6.07) is 1.93. The Hall–Kier alpha value is -1.45. The summed E-state index contributed by atoms with van der Waals surface area (Å²) < 4.78 is 27.0. The molecule has 0 aromatic carbocycles. The van der Waals surface area contributed by atoms with Gasteiger partial charge in [-0.15, -0.1) is 0 Å². The number of rotatable bonds is 4. The average Bonchev–Trinajstić information content (AvgIpc) is 2.72. The van der Waals surface area contributed by atoms with Crippen LogP contribution in [0.2, 0.25) is 0 Å². The van der Waals surface area contributed by atoms with E-state index in [0.717, 1.165) is 5.69 Å². The molecule has 0 N–H and O–H groups in total. The Bertz CT molecular complexity index is 655. The normalized spacial score (nSPS) is 21.1. The van der Waals surface area contributed by atoms with Crippen LogP contribution >= 0.6 is 0 Å². The van der Waals surface area contributed by atoms with Crippen LogP contribution in [0.5, 0.6) is 0 Å². The van der Waals surface area contributed by atoms with Crippen LogP contribution < -0.4 is 0 Å². The Morgan fingerprint density at radius 2 is 2.04 bits per heavy atom. The molecule has 1 fully saturated rings. The van der Waals surface area contributed by atoms with Crippen molar-refractivity contribution >= 4 is 15.9 Å².